The van der Waals surface area contributed by atoms with Crippen molar-refractivity contribution in [2.45, 2.75) is 38.9 Å². The Balaban J connectivity index is 2.56. The zero-order valence-electron chi connectivity index (χ0n) is 10.3. The minimum Gasteiger partial charge on any atom is -0.390 e. The van der Waals surface area contributed by atoms with Crippen LogP contribution in [-0.4, -0.2) is 23.4 Å². The normalized spacial score (nSPS) is 13.8. The van der Waals surface area contributed by atoms with Crippen LogP contribution < -0.4 is 0 Å². The lowest BCUT2D eigenvalue weighted by Gasteiger charge is -2.22. The van der Waals surface area contributed by atoms with Crippen molar-refractivity contribution >= 4 is 11.6 Å². The largest absolute Gasteiger partial charge is 0.390 e. The molecule has 1 unspecified atom stereocenters. The molecule has 0 heterocycles. The van der Waals surface area contributed by atoms with Crippen LogP contribution in [-0.2, 0) is 11.2 Å². The van der Waals surface area contributed by atoms with Crippen molar-refractivity contribution in [1.82, 2.24) is 0 Å². The molecule has 96 valence electrons. The molecule has 0 amide bonds. The summed E-state index contributed by atoms with van der Waals surface area (Å²) >= 11 is 5.77. The van der Waals surface area contributed by atoms with E-state index in [1.165, 1.54) is 18.2 Å². The van der Waals surface area contributed by atoms with E-state index in [0.29, 0.717) is 10.6 Å². The Kier molecular flexibility index (Phi) is 4.92. The molecule has 1 aromatic rings. The lowest BCUT2D eigenvalue weighted by Crippen LogP contribution is -2.27. The van der Waals surface area contributed by atoms with Gasteiger partial charge in [-0.3, -0.25) is 0 Å². The van der Waals surface area contributed by atoms with Gasteiger partial charge in [0.25, 0.3) is 0 Å². The van der Waals surface area contributed by atoms with E-state index in [-0.39, 0.29) is 24.4 Å². The van der Waals surface area contributed by atoms with Gasteiger partial charge in [0.05, 0.1) is 18.3 Å². The fourth-order valence-corrected chi connectivity index (χ4v) is 1.55. The van der Waals surface area contributed by atoms with Crippen molar-refractivity contribution < 1.29 is 14.2 Å². The van der Waals surface area contributed by atoms with Gasteiger partial charge in [-0.05, 0) is 44.5 Å². The molecule has 1 N–H and O–H groups in total. The van der Waals surface area contributed by atoms with Crippen molar-refractivity contribution in [2.24, 2.45) is 0 Å². The number of aliphatic hydroxyl groups is 1. The van der Waals surface area contributed by atoms with E-state index < -0.39 is 6.10 Å². The molecular weight excluding hydrogens is 243 g/mol. The molecule has 0 fully saturated rings. The maximum Gasteiger partial charge on any atom is 0.126 e. The fourth-order valence-electron chi connectivity index (χ4n) is 1.36. The average Bonchev–Trinajstić information content (AvgIpc) is 2.20. The minimum absolute atomic E-state index is 0.176. The molecule has 0 aliphatic rings. The quantitative estimate of drug-likeness (QED) is 0.901. The van der Waals surface area contributed by atoms with Crippen LogP contribution in [0.4, 0.5) is 4.39 Å². The number of rotatable bonds is 4. The Morgan fingerprint density at radius 3 is 2.65 bits per heavy atom. The molecule has 0 aliphatic carbocycles. The van der Waals surface area contributed by atoms with Gasteiger partial charge < -0.3 is 9.84 Å². The standard InChI is InChI=1S/C13H18ClFO2/c1-13(2,3)17-8-11(16)7-9-6-10(14)4-5-12(9)15/h4-6,11,16H,7-8H2,1-3H3. The van der Waals surface area contributed by atoms with Gasteiger partial charge in [0.2, 0.25) is 0 Å². The molecule has 0 radical (unpaired) electrons. The predicted molar refractivity (Wildman–Crippen MR) is 66.8 cm³/mol. The second-order valence-corrected chi connectivity index (χ2v) is 5.45. The monoisotopic (exact) mass is 260 g/mol. The summed E-state index contributed by atoms with van der Waals surface area (Å²) in [6.07, 6.45) is -0.537. The number of aliphatic hydroxyl groups excluding tert-OH is 1. The molecule has 1 rings (SSSR count). The highest BCUT2D eigenvalue weighted by Crippen LogP contribution is 2.17. The van der Waals surface area contributed by atoms with Gasteiger partial charge >= 0.3 is 0 Å². The molecule has 4 heteroatoms. The zero-order chi connectivity index (χ0) is 13.1. The highest BCUT2D eigenvalue weighted by molar-refractivity contribution is 6.30. The Morgan fingerprint density at radius 1 is 1.41 bits per heavy atom. The summed E-state index contributed by atoms with van der Waals surface area (Å²) in [7, 11) is 0. The minimum atomic E-state index is -0.734. The van der Waals surface area contributed by atoms with Crippen LogP contribution in [0.15, 0.2) is 18.2 Å². The van der Waals surface area contributed by atoms with Gasteiger partial charge in [0.15, 0.2) is 0 Å². The summed E-state index contributed by atoms with van der Waals surface area (Å²) in [4.78, 5) is 0. The lowest BCUT2D eigenvalue weighted by molar-refractivity contribution is -0.0484. The van der Waals surface area contributed by atoms with E-state index in [2.05, 4.69) is 0 Å². The highest BCUT2D eigenvalue weighted by Gasteiger charge is 2.15. The SMILES string of the molecule is CC(C)(C)OCC(O)Cc1cc(Cl)ccc1F. The van der Waals surface area contributed by atoms with E-state index >= 15 is 0 Å². The number of ether oxygens (including phenoxy) is 1. The third kappa shape index (κ3) is 5.48. The summed E-state index contributed by atoms with van der Waals surface area (Å²) in [5, 5.41) is 10.2. The van der Waals surface area contributed by atoms with Crippen molar-refractivity contribution in [3.05, 3.63) is 34.6 Å². The van der Waals surface area contributed by atoms with Crippen LogP contribution in [0.25, 0.3) is 0 Å². The topological polar surface area (TPSA) is 29.5 Å². The molecular formula is C13H18ClFO2. The summed E-state index contributed by atoms with van der Waals surface area (Å²) in [5.41, 5.74) is 0.0935. The van der Waals surface area contributed by atoms with Crippen LogP contribution in [0.3, 0.4) is 0 Å². The van der Waals surface area contributed by atoms with E-state index in [9.17, 15) is 9.50 Å². The van der Waals surface area contributed by atoms with Gasteiger partial charge in [-0.2, -0.15) is 0 Å². The second-order valence-electron chi connectivity index (χ2n) is 5.02. The molecule has 1 atom stereocenters. The lowest BCUT2D eigenvalue weighted by atomic mass is 10.1. The molecule has 0 spiro atoms. The van der Waals surface area contributed by atoms with Crippen LogP contribution >= 0.6 is 11.6 Å². The summed E-state index contributed by atoms with van der Waals surface area (Å²) < 4.78 is 18.8. The van der Waals surface area contributed by atoms with Crippen molar-refractivity contribution in [1.29, 1.82) is 0 Å². The molecule has 1 aromatic carbocycles. The Bertz CT molecular complexity index is 374. The number of halogens is 2. The van der Waals surface area contributed by atoms with Gasteiger partial charge in [0, 0.05) is 11.4 Å². The van der Waals surface area contributed by atoms with Gasteiger partial charge in [0.1, 0.15) is 5.82 Å². The Labute approximate surface area is 106 Å². The number of benzene rings is 1. The van der Waals surface area contributed by atoms with Crippen LogP contribution in [0.5, 0.6) is 0 Å². The van der Waals surface area contributed by atoms with E-state index in [0.717, 1.165) is 0 Å². The molecule has 2 nitrogen and oxygen atoms in total. The summed E-state index contributed by atoms with van der Waals surface area (Å²) in [5.74, 6) is -0.357. The predicted octanol–water partition coefficient (Wildman–Crippen LogP) is 3.20. The third-order valence-corrected chi connectivity index (χ3v) is 2.41. The summed E-state index contributed by atoms with van der Waals surface area (Å²) in [6.45, 7) is 5.88. The average molecular weight is 261 g/mol. The first-order valence-corrected chi connectivity index (χ1v) is 5.92. The molecule has 0 aliphatic heterocycles. The molecule has 0 bridgehead atoms. The van der Waals surface area contributed by atoms with Crippen LogP contribution in [0.1, 0.15) is 26.3 Å². The first kappa shape index (κ1) is 14.4. The Hall–Kier alpha value is -0.640. The van der Waals surface area contributed by atoms with Crippen molar-refractivity contribution in [3.8, 4) is 0 Å². The smallest absolute Gasteiger partial charge is 0.126 e. The molecule has 0 saturated heterocycles. The first-order valence-electron chi connectivity index (χ1n) is 5.54. The zero-order valence-corrected chi connectivity index (χ0v) is 11.1. The van der Waals surface area contributed by atoms with Crippen molar-refractivity contribution in [3.63, 3.8) is 0 Å². The summed E-state index contributed by atoms with van der Waals surface area (Å²) in [6, 6.07) is 4.31. The van der Waals surface area contributed by atoms with Crippen LogP contribution in [0.2, 0.25) is 5.02 Å². The van der Waals surface area contributed by atoms with Gasteiger partial charge in [-0.15, -0.1) is 0 Å². The number of hydrogen-bond donors (Lipinski definition) is 1. The van der Waals surface area contributed by atoms with Crippen LogP contribution in [0, 0.1) is 5.82 Å². The molecule has 0 saturated carbocycles. The Morgan fingerprint density at radius 2 is 2.06 bits per heavy atom. The molecule has 0 aromatic heterocycles. The number of hydrogen-bond acceptors (Lipinski definition) is 2. The fraction of sp³-hybridized carbons (Fsp3) is 0.538. The van der Waals surface area contributed by atoms with Gasteiger partial charge in [-0.25, -0.2) is 4.39 Å². The maximum absolute atomic E-state index is 13.4. The van der Waals surface area contributed by atoms with Crippen molar-refractivity contribution in [2.75, 3.05) is 6.61 Å². The van der Waals surface area contributed by atoms with E-state index in [4.69, 9.17) is 16.3 Å². The van der Waals surface area contributed by atoms with Gasteiger partial charge in [-0.1, -0.05) is 11.6 Å². The first-order chi connectivity index (χ1) is 7.78. The second kappa shape index (κ2) is 5.80. The molecule has 17 heavy (non-hydrogen) atoms. The van der Waals surface area contributed by atoms with E-state index in [1.54, 1.807) is 0 Å². The third-order valence-electron chi connectivity index (χ3n) is 2.17. The maximum atomic E-state index is 13.4. The van der Waals surface area contributed by atoms with E-state index in [1.807, 2.05) is 20.8 Å². The highest BCUT2D eigenvalue weighted by atomic mass is 35.5.